The number of amides is 1. The largest absolute Gasteiger partial charge is 0.325 e. The van der Waals surface area contributed by atoms with E-state index < -0.39 is 0 Å². The van der Waals surface area contributed by atoms with Crippen LogP contribution in [0.15, 0.2) is 18.2 Å². The Morgan fingerprint density at radius 1 is 1.41 bits per heavy atom. The van der Waals surface area contributed by atoms with Crippen molar-refractivity contribution in [2.75, 3.05) is 11.9 Å². The monoisotopic (exact) mass is 236 g/mol. The number of anilines is 1. The van der Waals surface area contributed by atoms with Crippen molar-refractivity contribution in [3.63, 3.8) is 0 Å². The van der Waals surface area contributed by atoms with Gasteiger partial charge in [-0.25, -0.2) is 4.39 Å². The minimum atomic E-state index is -0.322. The average Bonchev–Trinajstić information content (AvgIpc) is 2.28. The summed E-state index contributed by atoms with van der Waals surface area (Å²) in [6, 6.07) is 4.40. The molecule has 92 valence electrons. The molecule has 1 fully saturated rings. The second kappa shape index (κ2) is 5.27. The van der Waals surface area contributed by atoms with E-state index in [1.807, 2.05) is 0 Å². The molecule has 1 aliphatic heterocycles. The van der Waals surface area contributed by atoms with E-state index in [0.717, 1.165) is 31.4 Å². The molecule has 2 rings (SSSR count). The molecule has 0 saturated carbocycles. The van der Waals surface area contributed by atoms with Crippen LogP contribution in [0.5, 0.6) is 0 Å². The van der Waals surface area contributed by atoms with Crippen molar-refractivity contribution in [1.29, 1.82) is 0 Å². The fourth-order valence-corrected chi connectivity index (χ4v) is 2.11. The van der Waals surface area contributed by atoms with E-state index in [0.29, 0.717) is 5.69 Å². The Labute approximate surface area is 100 Å². The smallest absolute Gasteiger partial charge is 0.241 e. The van der Waals surface area contributed by atoms with Crippen LogP contribution >= 0.6 is 0 Å². The second-order valence-electron chi connectivity index (χ2n) is 4.51. The molecule has 17 heavy (non-hydrogen) atoms. The molecule has 1 aromatic carbocycles. The van der Waals surface area contributed by atoms with Crippen LogP contribution in [0.4, 0.5) is 10.1 Å². The van der Waals surface area contributed by atoms with Gasteiger partial charge in [0.25, 0.3) is 0 Å². The van der Waals surface area contributed by atoms with E-state index in [1.54, 1.807) is 13.0 Å². The summed E-state index contributed by atoms with van der Waals surface area (Å²) in [5.74, 6) is -0.397. The highest BCUT2D eigenvalue weighted by atomic mass is 19.1. The van der Waals surface area contributed by atoms with Crippen LogP contribution in [0.1, 0.15) is 24.8 Å². The fraction of sp³-hybridized carbons (Fsp3) is 0.462. The van der Waals surface area contributed by atoms with Crippen molar-refractivity contribution in [3.8, 4) is 0 Å². The van der Waals surface area contributed by atoms with Gasteiger partial charge in [-0.2, -0.15) is 0 Å². The molecule has 1 aliphatic rings. The summed E-state index contributed by atoms with van der Waals surface area (Å²) in [7, 11) is 0. The first-order chi connectivity index (χ1) is 8.15. The molecule has 1 aromatic rings. The Balaban J connectivity index is 2.01. The summed E-state index contributed by atoms with van der Waals surface area (Å²) in [5.41, 5.74) is 1.33. The third kappa shape index (κ3) is 3.27. The maximum atomic E-state index is 13.2. The summed E-state index contributed by atoms with van der Waals surface area (Å²) >= 11 is 0. The van der Waals surface area contributed by atoms with Crippen LogP contribution in [-0.4, -0.2) is 18.5 Å². The van der Waals surface area contributed by atoms with Crippen molar-refractivity contribution in [1.82, 2.24) is 5.32 Å². The molecule has 1 saturated heterocycles. The molecule has 4 heteroatoms. The number of piperidine rings is 1. The SMILES string of the molecule is Cc1cc(F)cc(NC(=O)[C@@H]2CCCCN2)c1. The van der Waals surface area contributed by atoms with Crippen molar-refractivity contribution in [3.05, 3.63) is 29.6 Å². The van der Waals surface area contributed by atoms with Gasteiger partial charge >= 0.3 is 0 Å². The molecule has 1 atom stereocenters. The van der Waals surface area contributed by atoms with Crippen LogP contribution in [0, 0.1) is 12.7 Å². The van der Waals surface area contributed by atoms with Gasteiger partial charge in [-0.15, -0.1) is 0 Å². The lowest BCUT2D eigenvalue weighted by Crippen LogP contribution is -2.43. The second-order valence-corrected chi connectivity index (χ2v) is 4.51. The number of carbonyl (C=O) groups excluding carboxylic acids is 1. The van der Waals surface area contributed by atoms with Crippen LogP contribution in [-0.2, 0) is 4.79 Å². The number of benzene rings is 1. The summed E-state index contributed by atoms with van der Waals surface area (Å²) < 4.78 is 13.2. The van der Waals surface area contributed by atoms with Crippen LogP contribution in [0.3, 0.4) is 0 Å². The average molecular weight is 236 g/mol. The quantitative estimate of drug-likeness (QED) is 0.826. The molecule has 2 N–H and O–H groups in total. The van der Waals surface area contributed by atoms with Gasteiger partial charge in [0, 0.05) is 5.69 Å². The van der Waals surface area contributed by atoms with E-state index in [4.69, 9.17) is 0 Å². The Kier molecular flexibility index (Phi) is 3.74. The number of aryl methyl sites for hydroxylation is 1. The zero-order valence-electron chi connectivity index (χ0n) is 9.92. The fourth-order valence-electron chi connectivity index (χ4n) is 2.11. The Hall–Kier alpha value is -1.42. The topological polar surface area (TPSA) is 41.1 Å². The van der Waals surface area contributed by atoms with Crippen molar-refractivity contribution in [2.45, 2.75) is 32.2 Å². The minimum Gasteiger partial charge on any atom is -0.325 e. The molecule has 1 heterocycles. The van der Waals surface area contributed by atoms with Crippen LogP contribution in [0.25, 0.3) is 0 Å². The summed E-state index contributed by atoms with van der Waals surface area (Å²) in [6.45, 7) is 2.68. The highest BCUT2D eigenvalue weighted by Gasteiger charge is 2.20. The zero-order chi connectivity index (χ0) is 12.3. The molecule has 0 unspecified atom stereocenters. The lowest BCUT2D eigenvalue weighted by atomic mass is 10.0. The van der Waals surface area contributed by atoms with Crippen LogP contribution < -0.4 is 10.6 Å². The predicted octanol–water partition coefficient (Wildman–Crippen LogP) is 2.21. The van der Waals surface area contributed by atoms with Gasteiger partial charge in [0.05, 0.1) is 6.04 Å². The van der Waals surface area contributed by atoms with Crippen LogP contribution in [0.2, 0.25) is 0 Å². The summed E-state index contributed by atoms with van der Waals surface area (Å²) in [6.07, 6.45) is 3.02. The number of carbonyl (C=O) groups is 1. The Morgan fingerprint density at radius 2 is 2.24 bits per heavy atom. The number of hydrogen-bond acceptors (Lipinski definition) is 2. The van der Waals surface area contributed by atoms with E-state index in [-0.39, 0.29) is 17.8 Å². The molecular weight excluding hydrogens is 219 g/mol. The first-order valence-electron chi connectivity index (χ1n) is 5.96. The summed E-state index contributed by atoms with van der Waals surface area (Å²) in [5, 5.41) is 5.91. The number of rotatable bonds is 2. The van der Waals surface area contributed by atoms with Gasteiger partial charge in [0.1, 0.15) is 5.82 Å². The summed E-state index contributed by atoms with van der Waals surface area (Å²) in [4.78, 5) is 11.9. The molecule has 0 bridgehead atoms. The van der Waals surface area contributed by atoms with E-state index in [2.05, 4.69) is 10.6 Å². The third-order valence-electron chi connectivity index (χ3n) is 2.94. The highest BCUT2D eigenvalue weighted by Crippen LogP contribution is 2.15. The van der Waals surface area contributed by atoms with E-state index in [1.165, 1.54) is 12.1 Å². The normalized spacial score (nSPS) is 20.0. The molecular formula is C13H17FN2O. The van der Waals surface area contributed by atoms with Gasteiger partial charge in [-0.1, -0.05) is 6.42 Å². The first-order valence-corrected chi connectivity index (χ1v) is 5.96. The lowest BCUT2D eigenvalue weighted by Gasteiger charge is -2.22. The maximum absolute atomic E-state index is 13.2. The molecule has 1 amide bonds. The Morgan fingerprint density at radius 3 is 2.88 bits per heavy atom. The third-order valence-corrected chi connectivity index (χ3v) is 2.94. The number of hydrogen-bond donors (Lipinski definition) is 2. The Bertz CT molecular complexity index is 394. The molecule has 0 aromatic heterocycles. The van der Waals surface area contributed by atoms with Gasteiger partial charge in [0.15, 0.2) is 0 Å². The number of halogens is 1. The molecule has 0 spiro atoms. The van der Waals surface area contributed by atoms with Crippen molar-refractivity contribution in [2.24, 2.45) is 0 Å². The standard InChI is InChI=1S/C13H17FN2O/c1-9-6-10(14)8-11(7-9)16-13(17)12-4-2-3-5-15-12/h6-8,12,15H,2-5H2,1H3,(H,16,17)/t12-/m0/s1. The molecule has 3 nitrogen and oxygen atoms in total. The highest BCUT2D eigenvalue weighted by molar-refractivity contribution is 5.94. The maximum Gasteiger partial charge on any atom is 0.241 e. The zero-order valence-corrected chi connectivity index (χ0v) is 9.92. The van der Waals surface area contributed by atoms with Gasteiger partial charge < -0.3 is 10.6 Å². The van der Waals surface area contributed by atoms with Gasteiger partial charge in [-0.3, -0.25) is 4.79 Å². The lowest BCUT2D eigenvalue weighted by molar-refractivity contribution is -0.118. The van der Waals surface area contributed by atoms with Gasteiger partial charge in [-0.05, 0) is 50.1 Å². The predicted molar refractivity (Wildman–Crippen MR) is 65.4 cm³/mol. The first kappa shape index (κ1) is 12.0. The van der Waals surface area contributed by atoms with Crippen molar-refractivity contribution < 1.29 is 9.18 Å². The van der Waals surface area contributed by atoms with E-state index in [9.17, 15) is 9.18 Å². The molecule has 0 aliphatic carbocycles. The molecule has 0 radical (unpaired) electrons. The minimum absolute atomic E-state index is 0.0744. The van der Waals surface area contributed by atoms with Crippen molar-refractivity contribution >= 4 is 11.6 Å². The van der Waals surface area contributed by atoms with Gasteiger partial charge in [0.2, 0.25) is 5.91 Å². The van der Waals surface area contributed by atoms with E-state index >= 15 is 0 Å². The number of nitrogens with one attached hydrogen (secondary N) is 2.